The second-order valence-corrected chi connectivity index (χ2v) is 8.83. The zero-order chi connectivity index (χ0) is 19.3. The van der Waals surface area contributed by atoms with Gasteiger partial charge in [-0.2, -0.15) is 4.31 Å². The monoisotopic (exact) mass is 398 g/mol. The highest BCUT2D eigenvalue weighted by Gasteiger charge is 2.29. The minimum absolute atomic E-state index is 0.0853. The lowest BCUT2D eigenvalue weighted by molar-refractivity contribution is 0.101. The lowest BCUT2D eigenvalue weighted by Gasteiger charge is -2.35. The number of carbonyl (C=O) groups is 1. The Labute approximate surface area is 161 Å². The molecule has 0 aliphatic carbocycles. The summed E-state index contributed by atoms with van der Waals surface area (Å²) in [5.74, 6) is -0.0853. The van der Waals surface area contributed by atoms with Crippen LogP contribution >= 0.6 is 12.2 Å². The molecule has 1 aromatic carbocycles. The van der Waals surface area contributed by atoms with Crippen LogP contribution in [0.5, 0.6) is 0 Å². The van der Waals surface area contributed by atoms with Crippen LogP contribution in [0, 0.1) is 0 Å². The van der Waals surface area contributed by atoms with Gasteiger partial charge >= 0.3 is 0 Å². The van der Waals surface area contributed by atoms with Gasteiger partial charge in [0.2, 0.25) is 10.0 Å². The van der Waals surface area contributed by atoms with Crippen LogP contribution in [0.15, 0.2) is 29.2 Å². The predicted molar refractivity (Wildman–Crippen MR) is 106 cm³/mol. The molecule has 1 aliphatic heterocycles. The van der Waals surface area contributed by atoms with E-state index in [0.717, 1.165) is 13.1 Å². The fourth-order valence-corrected chi connectivity index (χ4v) is 4.35. The number of Topliss-reactive ketones (excluding diaryl/α,β-unsaturated/α-hetero) is 1. The van der Waals surface area contributed by atoms with Crippen molar-refractivity contribution in [3.63, 3.8) is 0 Å². The van der Waals surface area contributed by atoms with E-state index in [4.69, 9.17) is 12.2 Å². The standard InChI is InChI=1S/C17H26N4O3S2/c1-14(22)15-4-6-16(7-5-15)26(23,24)21-12-10-20(11-13-21)17(25)18-8-9-19(2)3/h4-7H,8-13H2,1-3H3,(H,18,25). The van der Waals surface area contributed by atoms with Gasteiger partial charge in [-0.15, -0.1) is 0 Å². The first kappa shape index (κ1) is 20.8. The summed E-state index contributed by atoms with van der Waals surface area (Å²) >= 11 is 5.39. The third-order valence-electron chi connectivity index (χ3n) is 4.26. The van der Waals surface area contributed by atoms with E-state index in [9.17, 15) is 13.2 Å². The van der Waals surface area contributed by atoms with Crippen LogP contribution < -0.4 is 5.32 Å². The van der Waals surface area contributed by atoms with Gasteiger partial charge in [-0.1, -0.05) is 12.1 Å². The first-order valence-corrected chi connectivity index (χ1v) is 10.4. The van der Waals surface area contributed by atoms with Gasteiger partial charge in [-0.05, 0) is 45.4 Å². The number of thiocarbonyl (C=S) groups is 1. The number of nitrogens with zero attached hydrogens (tertiary/aromatic N) is 3. The second-order valence-electron chi connectivity index (χ2n) is 6.51. The van der Waals surface area contributed by atoms with Crippen molar-refractivity contribution >= 4 is 33.1 Å². The smallest absolute Gasteiger partial charge is 0.243 e. The van der Waals surface area contributed by atoms with Gasteiger partial charge in [-0.25, -0.2) is 8.42 Å². The maximum absolute atomic E-state index is 12.8. The van der Waals surface area contributed by atoms with Crippen molar-refractivity contribution in [1.82, 2.24) is 19.4 Å². The number of sulfonamides is 1. The fourth-order valence-electron chi connectivity index (χ4n) is 2.64. The second kappa shape index (κ2) is 8.90. The number of benzene rings is 1. The molecule has 0 bridgehead atoms. The van der Waals surface area contributed by atoms with Crippen molar-refractivity contribution in [3.8, 4) is 0 Å². The molecule has 26 heavy (non-hydrogen) atoms. The van der Waals surface area contributed by atoms with E-state index in [1.165, 1.54) is 23.4 Å². The van der Waals surface area contributed by atoms with E-state index < -0.39 is 10.0 Å². The molecule has 0 atom stereocenters. The minimum atomic E-state index is -3.56. The van der Waals surface area contributed by atoms with E-state index in [0.29, 0.717) is 36.9 Å². The van der Waals surface area contributed by atoms with Gasteiger partial charge in [0.25, 0.3) is 0 Å². The molecular formula is C17H26N4O3S2. The van der Waals surface area contributed by atoms with E-state index in [1.54, 1.807) is 12.1 Å². The number of hydrogen-bond donors (Lipinski definition) is 1. The number of carbonyl (C=O) groups excluding carboxylic acids is 1. The van der Waals surface area contributed by atoms with Crippen molar-refractivity contribution in [2.75, 3.05) is 53.4 Å². The van der Waals surface area contributed by atoms with Crippen LogP contribution in [0.25, 0.3) is 0 Å². The molecule has 1 aromatic rings. The van der Waals surface area contributed by atoms with Gasteiger partial charge in [-0.3, -0.25) is 4.79 Å². The lowest BCUT2D eigenvalue weighted by Crippen LogP contribution is -2.53. The van der Waals surface area contributed by atoms with Crippen LogP contribution in [0.2, 0.25) is 0 Å². The average Bonchev–Trinajstić information content (AvgIpc) is 2.61. The van der Waals surface area contributed by atoms with Crippen molar-refractivity contribution in [3.05, 3.63) is 29.8 Å². The van der Waals surface area contributed by atoms with Crippen molar-refractivity contribution in [2.24, 2.45) is 0 Å². The zero-order valence-electron chi connectivity index (χ0n) is 15.4. The molecular weight excluding hydrogens is 372 g/mol. The van der Waals surface area contributed by atoms with Crippen LogP contribution in [0.1, 0.15) is 17.3 Å². The largest absolute Gasteiger partial charge is 0.361 e. The number of piperazine rings is 1. The molecule has 1 aliphatic rings. The first-order valence-electron chi connectivity index (χ1n) is 8.50. The van der Waals surface area contributed by atoms with E-state index in [-0.39, 0.29) is 10.7 Å². The van der Waals surface area contributed by atoms with Crippen LogP contribution in [-0.4, -0.2) is 86.8 Å². The summed E-state index contributed by atoms with van der Waals surface area (Å²) in [4.78, 5) is 15.6. The molecule has 0 aromatic heterocycles. The normalized spacial score (nSPS) is 15.9. The number of ketones is 1. The van der Waals surface area contributed by atoms with Gasteiger partial charge in [0.1, 0.15) is 0 Å². The summed E-state index contributed by atoms with van der Waals surface area (Å²) in [5, 5.41) is 3.86. The Bertz CT molecular complexity index is 740. The highest BCUT2D eigenvalue weighted by molar-refractivity contribution is 7.89. The predicted octanol–water partition coefficient (Wildman–Crippen LogP) is 0.632. The summed E-state index contributed by atoms with van der Waals surface area (Å²) in [6.45, 7) is 4.96. The zero-order valence-corrected chi connectivity index (χ0v) is 17.1. The molecule has 0 saturated carbocycles. The topological polar surface area (TPSA) is 73.0 Å². The Morgan fingerprint density at radius 3 is 2.23 bits per heavy atom. The number of hydrogen-bond acceptors (Lipinski definition) is 5. The van der Waals surface area contributed by atoms with Crippen molar-refractivity contribution in [1.29, 1.82) is 0 Å². The molecule has 0 unspecified atom stereocenters. The quantitative estimate of drug-likeness (QED) is 0.557. The molecule has 0 spiro atoms. The number of nitrogens with one attached hydrogen (secondary N) is 1. The third kappa shape index (κ3) is 5.23. The van der Waals surface area contributed by atoms with Crippen LogP contribution in [-0.2, 0) is 10.0 Å². The van der Waals surface area contributed by atoms with Crippen molar-refractivity contribution < 1.29 is 13.2 Å². The molecule has 1 saturated heterocycles. The number of rotatable bonds is 6. The Morgan fingerprint density at radius 1 is 1.15 bits per heavy atom. The minimum Gasteiger partial charge on any atom is -0.361 e. The van der Waals surface area contributed by atoms with E-state index >= 15 is 0 Å². The van der Waals surface area contributed by atoms with Crippen LogP contribution in [0.3, 0.4) is 0 Å². The van der Waals surface area contributed by atoms with Gasteiger partial charge < -0.3 is 15.1 Å². The molecule has 0 radical (unpaired) electrons. The van der Waals surface area contributed by atoms with Gasteiger partial charge in [0, 0.05) is 44.8 Å². The van der Waals surface area contributed by atoms with E-state index in [1.807, 2.05) is 19.0 Å². The molecule has 2 rings (SSSR count). The molecule has 144 valence electrons. The molecule has 0 amide bonds. The third-order valence-corrected chi connectivity index (χ3v) is 6.58. The van der Waals surface area contributed by atoms with E-state index in [2.05, 4.69) is 10.2 Å². The molecule has 1 N–H and O–H groups in total. The summed E-state index contributed by atoms with van der Waals surface area (Å²) < 4.78 is 27.0. The number of likely N-dealkylation sites (N-methyl/N-ethyl adjacent to an activating group) is 1. The molecule has 1 fully saturated rings. The maximum Gasteiger partial charge on any atom is 0.243 e. The highest BCUT2D eigenvalue weighted by atomic mass is 32.2. The first-order chi connectivity index (χ1) is 12.2. The summed E-state index contributed by atoms with van der Waals surface area (Å²) in [7, 11) is 0.438. The summed E-state index contributed by atoms with van der Waals surface area (Å²) in [6.07, 6.45) is 0. The fraction of sp³-hybridized carbons (Fsp3) is 0.529. The molecule has 7 nitrogen and oxygen atoms in total. The Kier molecular flexibility index (Phi) is 7.10. The van der Waals surface area contributed by atoms with Crippen LogP contribution in [0.4, 0.5) is 0 Å². The molecule has 9 heteroatoms. The highest BCUT2D eigenvalue weighted by Crippen LogP contribution is 2.18. The Morgan fingerprint density at radius 2 is 1.73 bits per heavy atom. The Balaban J connectivity index is 1.93. The van der Waals surface area contributed by atoms with Gasteiger partial charge in [0.15, 0.2) is 10.9 Å². The lowest BCUT2D eigenvalue weighted by atomic mass is 10.2. The van der Waals surface area contributed by atoms with Gasteiger partial charge in [0.05, 0.1) is 4.90 Å². The SMILES string of the molecule is CC(=O)c1ccc(S(=O)(=O)N2CCN(C(=S)NCCN(C)C)CC2)cc1. The molecule has 1 heterocycles. The maximum atomic E-state index is 12.8. The Hall–Kier alpha value is -1.55. The average molecular weight is 399 g/mol. The summed E-state index contributed by atoms with van der Waals surface area (Å²) in [6, 6.07) is 6.09. The van der Waals surface area contributed by atoms with Crippen molar-refractivity contribution in [2.45, 2.75) is 11.8 Å². The summed E-state index contributed by atoms with van der Waals surface area (Å²) in [5.41, 5.74) is 0.503.